The molecule has 1 fully saturated rings. The van der Waals surface area contributed by atoms with Crippen molar-refractivity contribution < 1.29 is 14.6 Å². The fourth-order valence-electron chi connectivity index (χ4n) is 2.00. The van der Waals surface area contributed by atoms with Crippen LogP contribution in [0.5, 0.6) is 0 Å². The highest BCUT2D eigenvalue weighted by molar-refractivity contribution is 5.70. The molecular formula is C11H21NO3. The minimum Gasteiger partial charge on any atom is -0.466 e. The third-order valence-corrected chi connectivity index (χ3v) is 2.97. The smallest absolute Gasteiger partial charge is 0.307 e. The first kappa shape index (κ1) is 12.5. The Bertz CT molecular complexity index is 208. The van der Waals surface area contributed by atoms with Crippen molar-refractivity contribution in [3.05, 3.63) is 0 Å². The Morgan fingerprint density at radius 1 is 1.67 bits per heavy atom. The first-order valence-corrected chi connectivity index (χ1v) is 5.67. The van der Waals surface area contributed by atoms with Crippen LogP contribution >= 0.6 is 0 Å². The molecule has 0 aromatic rings. The van der Waals surface area contributed by atoms with E-state index >= 15 is 0 Å². The maximum atomic E-state index is 11.3. The second-order valence-corrected chi connectivity index (χ2v) is 4.19. The fraction of sp³-hybridized carbons (Fsp3) is 0.909. The van der Waals surface area contributed by atoms with Crippen molar-refractivity contribution in [3.63, 3.8) is 0 Å². The highest BCUT2D eigenvalue weighted by Crippen LogP contribution is 2.19. The molecule has 0 saturated carbocycles. The van der Waals surface area contributed by atoms with E-state index in [0.29, 0.717) is 18.9 Å². The van der Waals surface area contributed by atoms with Crippen LogP contribution in [0.25, 0.3) is 0 Å². The normalized spacial score (nSPS) is 24.1. The van der Waals surface area contributed by atoms with Gasteiger partial charge < -0.3 is 9.84 Å². The summed E-state index contributed by atoms with van der Waals surface area (Å²) in [5.41, 5.74) is 0. The quantitative estimate of drug-likeness (QED) is 0.684. The van der Waals surface area contributed by atoms with Crippen LogP contribution in [0.4, 0.5) is 0 Å². The van der Waals surface area contributed by atoms with E-state index in [0.717, 1.165) is 19.5 Å². The Morgan fingerprint density at radius 3 is 2.93 bits per heavy atom. The van der Waals surface area contributed by atoms with Crippen molar-refractivity contribution in [1.82, 2.24) is 4.90 Å². The van der Waals surface area contributed by atoms with Gasteiger partial charge in [-0.15, -0.1) is 0 Å². The summed E-state index contributed by atoms with van der Waals surface area (Å²) in [5.74, 6) is 0.257. The first-order valence-electron chi connectivity index (χ1n) is 5.67. The highest BCUT2D eigenvalue weighted by Gasteiger charge is 2.26. The maximum Gasteiger partial charge on any atom is 0.307 e. The summed E-state index contributed by atoms with van der Waals surface area (Å²) in [7, 11) is 0. The van der Waals surface area contributed by atoms with Crippen LogP contribution in [0, 0.1) is 5.92 Å². The number of aliphatic hydroxyl groups is 1. The van der Waals surface area contributed by atoms with Crippen molar-refractivity contribution in [2.45, 2.75) is 32.7 Å². The van der Waals surface area contributed by atoms with Crippen LogP contribution in [-0.4, -0.2) is 48.3 Å². The number of hydrogen-bond donors (Lipinski definition) is 1. The molecule has 4 heteroatoms. The Kier molecular flexibility index (Phi) is 5.05. The lowest BCUT2D eigenvalue weighted by molar-refractivity contribution is -0.144. The van der Waals surface area contributed by atoms with Gasteiger partial charge in [0.1, 0.15) is 0 Å². The number of ether oxygens (including phenoxy) is 1. The summed E-state index contributed by atoms with van der Waals surface area (Å²) in [4.78, 5) is 13.5. The van der Waals surface area contributed by atoms with Crippen molar-refractivity contribution in [1.29, 1.82) is 0 Å². The molecule has 2 unspecified atom stereocenters. The highest BCUT2D eigenvalue weighted by atomic mass is 16.5. The Hall–Kier alpha value is -0.610. The monoisotopic (exact) mass is 215 g/mol. The molecule has 1 heterocycles. The van der Waals surface area contributed by atoms with E-state index in [1.165, 1.54) is 0 Å². The van der Waals surface area contributed by atoms with Crippen molar-refractivity contribution >= 4 is 5.97 Å². The van der Waals surface area contributed by atoms with Gasteiger partial charge in [-0.1, -0.05) is 0 Å². The number of carbonyl (C=O) groups excluding carboxylic acids is 1. The number of hydrogen-bond acceptors (Lipinski definition) is 4. The summed E-state index contributed by atoms with van der Waals surface area (Å²) < 4.78 is 4.91. The van der Waals surface area contributed by atoms with Gasteiger partial charge in [0.15, 0.2) is 0 Å². The number of aliphatic hydroxyl groups excluding tert-OH is 1. The molecule has 1 saturated heterocycles. The standard InChI is InChI=1S/C11H21NO3/c1-3-15-11(14)6-9(2)12-5-4-10(7-12)8-13/h9-10,13H,3-8H2,1-2H3. The fourth-order valence-corrected chi connectivity index (χ4v) is 2.00. The molecule has 2 atom stereocenters. The zero-order valence-electron chi connectivity index (χ0n) is 9.61. The molecule has 4 nitrogen and oxygen atoms in total. The Labute approximate surface area is 91.2 Å². The van der Waals surface area contributed by atoms with E-state index in [2.05, 4.69) is 4.90 Å². The number of likely N-dealkylation sites (tertiary alicyclic amines) is 1. The van der Waals surface area contributed by atoms with E-state index in [-0.39, 0.29) is 18.6 Å². The minimum atomic E-state index is -0.127. The van der Waals surface area contributed by atoms with Crippen molar-refractivity contribution in [2.75, 3.05) is 26.3 Å². The maximum absolute atomic E-state index is 11.3. The van der Waals surface area contributed by atoms with Crippen LogP contribution in [0.15, 0.2) is 0 Å². The van der Waals surface area contributed by atoms with E-state index in [9.17, 15) is 4.79 Å². The average Bonchev–Trinajstić information content (AvgIpc) is 2.66. The van der Waals surface area contributed by atoms with Gasteiger partial charge in [0.2, 0.25) is 0 Å². The number of nitrogens with zero attached hydrogens (tertiary/aromatic N) is 1. The third-order valence-electron chi connectivity index (χ3n) is 2.97. The molecule has 0 bridgehead atoms. The van der Waals surface area contributed by atoms with Gasteiger partial charge in [0.05, 0.1) is 13.0 Å². The van der Waals surface area contributed by atoms with Crippen LogP contribution in [0.3, 0.4) is 0 Å². The van der Waals surface area contributed by atoms with Gasteiger partial charge >= 0.3 is 5.97 Å². The van der Waals surface area contributed by atoms with E-state index < -0.39 is 0 Å². The lowest BCUT2D eigenvalue weighted by atomic mass is 10.1. The van der Waals surface area contributed by atoms with Crippen LogP contribution in [-0.2, 0) is 9.53 Å². The molecule has 1 N–H and O–H groups in total. The SMILES string of the molecule is CCOC(=O)CC(C)N1CCC(CO)C1. The second-order valence-electron chi connectivity index (χ2n) is 4.19. The molecular weight excluding hydrogens is 194 g/mol. The molecule has 15 heavy (non-hydrogen) atoms. The Balaban J connectivity index is 2.28. The second kappa shape index (κ2) is 6.08. The molecule has 0 aliphatic carbocycles. The average molecular weight is 215 g/mol. The molecule has 0 aromatic carbocycles. The molecule has 0 spiro atoms. The van der Waals surface area contributed by atoms with Gasteiger partial charge in [0, 0.05) is 19.2 Å². The summed E-state index contributed by atoms with van der Waals surface area (Å²) in [6.45, 7) is 6.44. The zero-order valence-corrected chi connectivity index (χ0v) is 9.61. The van der Waals surface area contributed by atoms with Crippen LogP contribution in [0.2, 0.25) is 0 Å². The summed E-state index contributed by atoms with van der Waals surface area (Å²) in [6, 6.07) is 0.223. The molecule has 0 radical (unpaired) electrons. The summed E-state index contributed by atoms with van der Waals surface area (Å²) in [6.07, 6.45) is 1.48. The van der Waals surface area contributed by atoms with Crippen LogP contribution < -0.4 is 0 Å². The number of esters is 1. The van der Waals surface area contributed by atoms with Gasteiger partial charge in [0.25, 0.3) is 0 Å². The lowest BCUT2D eigenvalue weighted by Gasteiger charge is -2.23. The molecule has 0 amide bonds. The van der Waals surface area contributed by atoms with E-state index in [1.807, 2.05) is 13.8 Å². The van der Waals surface area contributed by atoms with Crippen molar-refractivity contribution in [2.24, 2.45) is 5.92 Å². The largest absolute Gasteiger partial charge is 0.466 e. The van der Waals surface area contributed by atoms with Gasteiger partial charge in [-0.25, -0.2) is 0 Å². The third kappa shape index (κ3) is 3.80. The van der Waals surface area contributed by atoms with Crippen molar-refractivity contribution in [3.8, 4) is 0 Å². The number of rotatable bonds is 5. The summed E-state index contributed by atoms with van der Waals surface area (Å²) in [5, 5.41) is 9.01. The minimum absolute atomic E-state index is 0.127. The molecule has 1 rings (SSSR count). The van der Waals surface area contributed by atoms with E-state index in [1.54, 1.807) is 0 Å². The lowest BCUT2D eigenvalue weighted by Crippen LogP contribution is -2.33. The zero-order chi connectivity index (χ0) is 11.3. The van der Waals surface area contributed by atoms with Gasteiger partial charge in [-0.3, -0.25) is 9.69 Å². The van der Waals surface area contributed by atoms with Gasteiger partial charge in [-0.05, 0) is 32.7 Å². The molecule has 1 aliphatic heterocycles. The molecule has 88 valence electrons. The summed E-state index contributed by atoms with van der Waals surface area (Å²) >= 11 is 0. The van der Waals surface area contributed by atoms with E-state index in [4.69, 9.17) is 9.84 Å². The van der Waals surface area contributed by atoms with Gasteiger partial charge in [-0.2, -0.15) is 0 Å². The van der Waals surface area contributed by atoms with Crippen LogP contribution in [0.1, 0.15) is 26.7 Å². The predicted molar refractivity (Wildman–Crippen MR) is 57.5 cm³/mol. The Morgan fingerprint density at radius 2 is 2.40 bits per heavy atom. The number of carbonyl (C=O) groups is 1. The topological polar surface area (TPSA) is 49.8 Å². The first-order chi connectivity index (χ1) is 7.17. The molecule has 0 aromatic heterocycles. The predicted octanol–water partition coefficient (Wildman–Crippen LogP) is 0.642. The molecule has 1 aliphatic rings.